The van der Waals surface area contributed by atoms with E-state index in [9.17, 15) is 0 Å². The first kappa shape index (κ1) is 12.1. The lowest BCUT2D eigenvalue weighted by Gasteiger charge is -2.07. The van der Waals surface area contributed by atoms with Crippen molar-refractivity contribution in [2.24, 2.45) is 5.73 Å². The number of hydrogen-bond donors (Lipinski definition) is 1. The van der Waals surface area contributed by atoms with Gasteiger partial charge in [-0.3, -0.25) is 4.98 Å². The van der Waals surface area contributed by atoms with Crippen LogP contribution in [-0.4, -0.2) is 16.6 Å². The molecule has 1 aromatic heterocycles. The van der Waals surface area contributed by atoms with E-state index >= 15 is 0 Å². The molecule has 0 radical (unpaired) electrons. The predicted octanol–water partition coefficient (Wildman–Crippen LogP) is 2.03. The summed E-state index contributed by atoms with van der Waals surface area (Å²) in [7, 11) is 0. The molecule has 0 unspecified atom stereocenters. The van der Waals surface area contributed by atoms with Crippen LogP contribution in [0.25, 0.3) is 0 Å². The van der Waals surface area contributed by atoms with Crippen LogP contribution in [-0.2, 0) is 11.3 Å². The maximum Gasteiger partial charge on any atom is 0.123 e. The second kappa shape index (κ2) is 6.48. The van der Waals surface area contributed by atoms with Crippen LogP contribution in [0, 0.1) is 0 Å². The highest BCUT2D eigenvalue weighted by molar-refractivity contribution is 7.80. The van der Waals surface area contributed by atoms with E-state index in [1.807, 2.05) is 12.1 Å². The minimum absolute atomic E-state index is 0.324. The van der Waals surface area contributed by atoms with Crippen LogP contribution in [0.15, 0.2) is 18.3 Å². The van der Waals surface area contributed by atoms with E-state index in [-0.39, 0.29) is 0 Å². The fraction of sp³-hybridized carbons (Fsp3) is 0.455. The fourth-order valence-corrected chi connectivity index (χ4v) is 1.39. The number of hydrogen-bond acceptors (Lipinski definition) is 3. The highest BCUT2D eigenvalue weighted by Gasteiger charge is 2.05. The van der Waals surface area contributed by atoms with Crippen molar-refractivity contribution < 1.29 is 4.74 Å². The Kier molecular flexibility index (Phi) is 5.21. The van der Waals surface area contributed by atoms with Crippen molar-refractivity contribution in [2.45, 2.75) is 26.4 Å². The van der Waals surface area contributed by atoms with Crippen LogP contribution in [0.5, 0.6) is 0 Å². The van der Waals surface area contributed by atoms with Gasteiger partial charge in [0.25, 0.3) is 0 Å². The van der Waals surface area contributed by atoms with Gasteiger partial charge >= 0.3 is 0 Å². The van der Waals surface area contributed by atoms with Crippen LogP contribution >= 0.6 is 12.2 Å². The molecule has 1 heterocycles. The average molecular weight is 224 g/mol. The van der Waals surface area contributed by atoms with Crippen molar-refractivity contribution in [3.8, 4) is 0 Å². The highest BCUT2D eigenvalue weighted by Crippen LogP contribution is 2.07. The molecular weight excluding hydrogens is 208 g/mol. The Bertz CT molecular complexity index is 328. The van der Waals surface area contributed by atoms with E-state index < -0.39 is 0 Å². The standard InChI is InChI=1S/C11H16N2OS/c1-2-3-7-14-8-9-5-4-6-13-10(9)11(12)15/h4-6H,2-3,7-8H2,1H3,(H2,12,15). The Labute approximate surface area is 95.7 Å². The third-order valence-corrected chi connectivity index (χ3v) is 2.22. The van der Waals surface area contributed by atoms with Crippen molar-refractivity contribution in [3.63, 3.8) is 0 Å². The van der Waals surface area contributed by atoms with Gasteiger partial charge in [-0.2, -0.15) is 0 Å². The molecule has 4 heteroatoms. The summed E-state index contributed by atoms with van der Waals surface area (Å²) in [5.41, 5.74) is 7.19. The first-order valence-electron chi connectivity index (χ1n) is 5.07. The van der Waals surface area contributed by atoms with E-state index in [0.717, 1.165) is 25.0 Å². The first-order chi connectivity index (χ1) is 7.25. The summed E-state index contributed by atoms with van der Waals surface area (Å²) in [6.07, 6.45) is 3.89. The molecule has 3 nitrogen and oxygen atoms in total. The summed E-state index contributed by atoms with van der Waals surface area (Å²) in [6.45, 7) is 3.43. The molecule has 1 rings (SSSR count). The minimum atomic E-state index is 0.324. The summed E-state index contributed by atoms with van der Waals surface area (Å²) < 4.78 is 5.50. The van der Waals surface area contributed by atoms with Gasteiger partial charge in [-0.25, -0.2) is 0 Å². The third-order valence-electron chi connectivity index (χ3n) is 2.02. The molecule has 2 N–H and O–H groups in total. The summed E-state index contributed by atoms with van der Waals surface area (Å²) in [5, 5.41) is 0. The lowest BCUT2D eigenvalue weighted by Crippen LogP contribution is -2.15. The molecular formula is C11H16N2OS. The van der Waals surface area contributed by atoms with Gasteiger partial charge in [0.05, 0.1) is 6.61 Å². The molecule has 0 atom stereocenters. The maximum atomic E-state index is 5.56. The number of nitrogens with zero attached hydrogens (tertiary/aromatic N) is 1. The molecule has 0 fully saturated rings. The molecule has 0 spiro atoms. The molecule has 82 valence electrons. The number of aromatic nitrogens is 1. The van der Waals surface area contributed by atoms with Crippen molar-refractivity contribution in [2.75, 3.05) is 6.61 Å². The topological polar surface area (TPSA) is 48.1 Å². The highest BCUT2D eigenvalue weighted by atomic mass is 32.1. The number of nitrogens with two attached hydrogens (primary N) is 1. The monoisotopic (exact) mass is 224 g/mol. The summed E-state index contributed by atoms with van der Waals surface area (Å²) >= 11 is 4.91. The Morgan fingerprint density at radius 2 is 2.40 bits per heavy atom. The molecule has 1 aromatic rings. The zero-order chi connectivity index (χ0) is 11.1. The van der Waals surface area contributed by atoms with Crippen molar-refractivity contribution in [1.29, 1.82) is 0 Å². The molecule has 0 aliphatic carbocycles. The number of rotatable bonds is 6. The van der Waals surface area contributed by atoms with E-state index in [1.54, 1.807) is 6.20 Å². The first-order valence-corrected chi connectivity index (χ1v) is 5.48. The van der Waals surface area contributed by atoms with Crippen LogP contribution in [0.2, 0.25) is 0 Å². The van der Waals surface area contributed by atoms with E-state index in [4.69, 9.17) is 22.7 Å². The Morgan fingerprint density at radius 1 is 1.60 bits per heavy atom. The van der Waals surface area contributed by atoms with Gasteiger partial charge in [0.15, 0.2) is 0 Å². The molecule has 0 aliphatic heterocycles. The van der Waals surface area contributed by atoms with Crippen LogP contribution in [0.4, 0.5) is 0 Å². The Morgan fingerprint density at radius 3 is 3.07 bits per heavy atom. The van der Waals surface area contributed by atoms with E-state index in [2.05, 4.69) is 11.9 Å². The van der Waals surface area contributed by atoms with Crippen molar-refractivity contribution in [3.05, 3.63) is 29.6 Å². The smallest absolute Gasteiger partial charge is 0.123 e. The predicted molar refractivity (Wildman–Crippen MR) is 64.7 cm³/mol. The molecule has 0 saturated heterocycles. The van der Waals surface area contributed by atoms with Gasteiger partial charge in [0, 0.05) is 18.4 Å². The van der Waals surface area contributed by atoms with Gasteiger partial charge in [-0.05, 0) is 12.5 Å². The van der Waals surface area contributed by atoms with Crippen LogP contribution in [0.1, 0.15) is 31.0 Å². The van der Waals surface area contributed by atoms with Crippen LogP contribution < -0.4 is 5.73 Å². The van der Waals surface area contributed by atoms with Gasteiger partial charge in [-0.1, -0.05) is 31.6 Å². The number of pyridine rings is 1. The van der Waals surface area contributed by atoms with Gasteiger partial charge in [0.2, 0.25) is 0 Å². The number of thiocarbonyl (C=S) groups is 1. The van der Waals surface area contributed by atoms with Crippen molar-refractivity contribution >= 4 is 17.2 Å². The molecule has 0 aliphatic rings. The summed E-state index contributed by atoms with van der Waals surface area (Å²) in [6, 6.07) is 3.80. The van der Waals surface area contributed by atoms with Crippen LogP contribution in [0.3, 0.4) is 0 Å². The van der Waals surface area contributed by atoms with Gasteiger partial charge < -0.3 is 10.5 Å². The quantitative estimate of drug-likeness (QED) is 0.593. The lowest BCUT2D eigenvalue weighted by molar-refractivity contribution is 0.118. The zero-order valence-electron chi connectivity index (χ0n) is 8.90. The average Bonchev–Trinajstić information content (AvgIpc) is 2.25. The second-order valence-electron chi connectivity index (χ2n) is 3.28. The lowest BCUT2D eigenvalue weighted by atomic mass is 10.2. The van der Waals surface area contributed by atoms with Crippen molar-refractivity contribution in [1.82, 2.24) is 4.98 Å². The third kappa shape index (κ3) is 3.93. The number of ether oxygens (including phenoxy) is 1. The SMILES string of the molecule is CCCCOCc1cccnc1C(N)=S. The van der Waals surface area contributed by atoms with E-state index in [0.29, 0.717) is 17.3 Å². The molecule has 0 bridgehead atoms. The molecule has 0 amide bonds. The largest absolute Gasteiger partial charge is 0.388 e. The Balaban J connectivity index is 2.56. The molecule has 0 saturated carbocycles. The summed E-state index contributed by atoms with van der Waals surface area (Å²) in [4.78, 5) is 4.45. The maximum absolute atomic E-state index is 5.56. The van der Waals surface area contributed by atoms with E-state index in [1.165, 1.54) is 0 Å². The van der Waals surface area contributed by atoms with Gasteiger partial charge in [0.1, 0.15) is 10.7 Å². The molecule has 0 aromatic carbocycles. The van der Waals surface area contributed by atoms with Gasteiger partial charge in [-0.15, -0.1) is 0 Å². The molecule has 15 heavy (non-hydrogen) atoms. The zero-order valence-corrected chi connectivity index (χ0v) is 9.72. The Hall–Kier alpha value is -1.00. The summed E-state index contributed by atoms with van der Waals surface area (Å²) in [5.74, 6) is 0. The minimum Gasteiger partial charge on any atom is -0.388 e. The normalized spacial score (nSPS) is 10.2. The fourth-order valence-electron chi connectivity index (χ4n) is 1.21. The second-order valence-corrected chi connectivity index (χ2v) is 3.72. The number of unbranched alkanes of at least 4 members (excludes halogenated alkanes) is 1.